The Labute approximate surface area is 156 Å². The molecule has 0 aromatic heterocycles. The van der Waals surface area contributed by atoms with Gasteiger partial charge >= 0.3 is 0 Å². The van der Waals surface area contributed by atoms with Crippen molar-refractivity contribution in [2.24, 2.45) is 4.99 Å². The van der Waals surface area contributed by atoms with Crippen LogP contribution in [0, 0.1) is 0 Å². The molecule has 5 heteroatoms. The summed E-state index contributed by atoms with van der Waals surface area (Å²) in [5, 5.41) is 9.27. The summed E-state index contributed by atoms with van der Waals surface area (Å²) in [6.45, 7) is 6.46. The summed E-state index contributed by atoms with van der Waals surface area (Å²) in [5.74, 6) is 0.642. The largest absolute Gasteiger partial charge is 0.354 e. The number of likely N-dealkylation sites (N-methyl/N-ethyl adjacent to an activating group) is 1. The van der Waals surface area contributed by atoms with Crippen LogP contribution in [0.4, 0.5) is 0 Å². The van der Waals surface area contributed by atoms with E-state index in [1.165, 1.54) is 16.3 Å². The van der Waals surface area contributed by atoms with Gasteiger partial charge in [-0.25, -0.2) is 4.99 Å². The van der Waals surface area contributed by atoms with Crippen molar-refractivity contribution in [2.45, 2.75) is 39.3 Å². The molecular weight excluding hydrogens is 324 g/mol. The monoisotopic (exact) mass is 354 g/mol. The Bertz CT molecular complexity index is 764. The third-order valence-corrected chi connectivity index (χ3v) is 4.51. The van der Waals surface area contributed by atoms with E-state index < -0.39 is 0 Å². The van der Waals surface area contributed by atoms with Gasteiger partial charge < -0.3 is 15.5 Å². The topological polar surface area (TPSA) is 56.7 Å². The highest BCUT2D eigenvalue weighted by Gasteiger charge is 2.13. The van der Waals surface area contributed by atoms with Crippen molar-refractivity contribution < 1.29 is 4.79 Å². The van der Waals surface area contributed by atoms with Crippen molar-refractivity contribution in [3.8, 4) is 0 Å². The van der Waals surface area contributed by atoms with E-state index in [1.54, 1.807) is 19.0 Å². The van der Waals surface area contributed by atoms with Gasteiger partial charge in [0.05, 0.1) is 6.04 Å². The second-order valence-corrected chi connectivity index (χ2v) is 6.84. The van der Waals surface area contributed by atoms with Gasteiger partial charge in [0.25, 0.3) is 0 Å². The van der Waals surface area contributed by atoms with E-state index >= 15 is 0 Å². The number of rotatable bonds is 6. The standard InChI is InChI=1S/C21H30N4O/c1-6-15(2)23-21(22-14-20(26)25(4)5)24-16(3)18-13-9-11-17-10-7-8-12-19(17)18/h7-13,15-16H,6,14H2,1-5H3,(H2,22,23,24). The van der Waals surface area contributed by atoms with Crippen LogP contribution in [-0.4, -0.2) is 43.4 Å². The van der Waals surface area contributed by atoms with Gasteiger partial charge in [-0.2, -0.15) is 0 Å². The third-order valence-electron chi connectivity index (χ3n) is 4.51. The van der Waals surface area contributed by atoms with E-state index in [0.29, 0.717) is 5.96 Å². The zero-order chi connectivity index (χ0) is 19.1. The molecule has 2 aromatic carbocycles. The second kappa shape index (κ2) is 9.22. The van der Waals surface area contributed by atoms with Crippen LogP contribution in [0.25, 0.3) is 10.8 Å². The molecule has 0 aliphatic heterocycles. The first-order valence-corrected chi connectivity index (χ1v) is 9.17. The zero-order valence-electron chi connectivity index (χ0n) is 16.4. The molecular formula is C21H30N4O. The summed E-state index contributed by atoms with van der Waals surface area (Å²) in [4.78, 5) is 17.9. The molecule has 2 N–H and O–H groups in total. The molecule has 0 saturated carbocycles. The number of carbonyl (C=O) groups is 1. The maximum atomic E-state index is 11.9. The predicted octanol–water partition coefficient (Wildman–Crippen LogP) is 3.32. The molecule has 0 saturated heterocycles. The molecule has 0 heterocycles. The van der Waals surface area contributed by atoms with Crippen LogP contribution in [0.2, 0.25) is 0 Å². The minimum Gasteiger partial charge on any atom is -0.354 e. The van der Waals surface area contributed by atoms with Crippen molar-refractivity contribution >= 4 is 22.6 Å². The third kappa shape index (κ3) is 5.22. The Hall–Kier alpha value is -2.56. The Morgan fingerprint density at radius 1 is 1.08 bits per heavy atom. The van der Waals surface area contributed by atoms with Crippen molar-refractivity contribution in [3.63, 3.8) is 0 Å². The molecule has 1 amide bonds. The molecule has 0 spiro atoms. The maximum absolute atomic E-state index is 11.9. The Kier molecular flexibility index (Phi) is 7.01. The lowest BCUT2D eigenvalue weighted by Crippen LogP contribution is -2.43. The van der Waals surface area contributed by atoms with E-state index in [2.05, 4.69) is 78.9 Å². The molecule has 0 fully saturated rings. The van der Waals surface area contributed by atoms with Crippen molar-refractivity contribution in [1.82, 2.24) is 15.5 Å². The highest BCUT2D eigenvalue weighted by Crippen LogP contribution is 2.23. The molecule has 2 aromatic rings. The van der Waals surface area contributed by atoms with Crippen LogP contribution < -0.4 is 10.6 Å². The van der Waals surface area contributed by atoms with Gasteiger partial charge in [0, 0.05) is 20.1 Å². The summed E-state index contributed by atoms with van der Waals surface area (Å²) in [5.41, 5.74) is 1.21. The van der Waals surface area contributed by atoms with Crippen LogP contribution in [0.1, 0.15) is 38.8 Å². The van der Waals surface area contributed by atoms with E-state index in [-0.39, 0.29) is 24.5 Å². The van der Waals surface area contributed by atoms with Crippen LogP contribution in [0.15, 0.2) is 47.5 Å². The molecule has 0 aliphatic carbocycles. The van der Waals surface area contributed by atoms with E-state index in [9.17, 15) is 4.79 Å². The summed E-state index contributed by atoms with van der Waals surface area (Å²) >= 11 is 0. The highest BCUT2D eigenvalue weighted by molar-refractivity contribution is 5.88. The average Bonchev–Trinajstić information content (AvgIpc) is 2.64. The molecule has 2 rings (SSSR count). The first-order chi connectivity index (χ1) is 12.4. The fraction of sp³-hybridized carbons (Fsp3) is 0.429. The summed E-state index contributed by atoms with van der Waals surface area (Å²) < 4.78 is 0. The van der Waals surface area contributed by atoms with Gasteiger partial charge in [0.2, 0.25) is 5.91 Å². The number of hydrogen-bond acceptors (Lipinski definition) is 2. The number of aliphatic imine (C=N–C) groups is 1. The van der Waals surface area contributed by atoms with Crippen LogP contribution >= 0.6 is 0 Å². The molecule has 26 heavy (non-hydrogen) atoms. The van der Waals surface area contributed by atoms with E-state index in [1.807, 2.05) is 0 Å². The number of carbonyl (C=O) groups excluding carboxylic acids is 1. The zero-order valence-corrected chi connectivity index (χ0v) is 16.4. The molecule has 0 radical (unpaired) electrons. The first-order valence-electron chi connectivity index (χ1n) is 9.17. The van der Waals surface area contributed by atoms with Gasteiger partial charge in [-0.3, -0.25) is 4.79 Å². The van der Waals surface area contributed by atoms with Crippen LogP contribution in [-0.2, 0) is 4.79 Å². The number of benzene rings is 2. The second-order valence-electron chi connectivity index (χ2n) is 6.84. The molecule has 0 aliphatic rings. The average molecular weight is 354 g/mol. The lowest BCUT2D eigenvalue weighted by atomic mass is 10.00. The number of hydrogen-bond donors (Lipinski definition) is 2. The predicted molar refractivity (Wildman–Crippen MR) is 109 cm³/mol. The normalized spacial score (nSPS) is 14.0. The number of amides is 1. The highest BCUT2D eigenvalue weighted by atomic mass is 16.2. The van der Waals surface area contributed by atoms with Crippen molar-refractivity contribution in [1.29, 1.82) is 0 Å². The SMILES string of the molecule is CCC(C)NC(=NCC(=O)N(C)C)NC(C)c1cccc2ccccc12. The lowest BCUT2D eigenvalue weighted by Gasteiger charge is -2.22. The fourth-order valence-electron chi connectivity index (χ4n) is 2.67. The minimum absolute atomic E-state index is 0.0203. The number of nitrogens with zero attached hydrogens (tertiary/aromatic N) is 2. The summed E-state index contributed by atoms with van der Waals surface area (Å²) in [6.07, 6.45) is 0.977. The van der Waals surface area contributed by atoms with Crippen molar-refractivity contribution in [2.75, 3.05) is 20.6 Å². The Morgan fingerprint density at radius 2 is 1.77 bits per heavy atom. The fourth-order valence-corrected chi connectivity index (χ4v) is 2.67. The molecule has 2 unspecified atom stereocenters. The Morgan fingerprint density at radius 3 is 2.46 bits per heavy atom. The summed E-state index contributed by atoms with van der Waals surface area (Å²) in [6, 6.07) is 15.0. The van der Waals surface area contributed by atoms with Crippen molar-refractivity contribution in [3.05, 3.63) is 48.0 Å². The smallest absolute Gasteiger partial charge is 0.243 e. The molecule has 0 bridgehead atoms. The number of guanidine groups is 1. The van der Waals surface area contributed by atoms with Gasteiger partial charge in [-0.1, -0.05) is 49.4 Å². The van der Waals surface area contributed by atoms with E-state index in [0.717, 1.165) is 6.42 Å². The van der Waals surface area contributed by atoms with Gasteiger partial charge in [-0.15, -0.1) is 0 Å². The molecule has 2 atom stereocenters. The number of fused-ring (bicyclic) bond motifs is 1. The first kappa shape index (κ1) is 19.8. The molecule has 5 nitrogen and oxygen atoms in total. The minimum atomic E-state index is -0.0203. The van der Waals surface area contributed by atoms with Gasteiger partial charge in [0.1, 0.15) is 6.54 Å². The van der Waals surface area contributed by atoms with Crippen LogP contribution in [0.3, 0.4) is 0 Å². The van der Waals surface area contributed by atoms with Gasteiger partial charge in [0.15, 0.2) is 5.96 Å². The van der Waals surface area contributed by atoms with Crippen LogP contribution in [0.5, 0.6) is 0 Å². The molecule has 140 valence electrons. The summed E-state index contributed by atoms with van der Waals surface area (Å²) in [7, 11) is 3.48. The Balaban J connectivity index is 2.22. The maximum Gasteiger partial charge on any atom is 0.243 e. The van der Waals surface area contributed by atoms with E-state index in [4.69, 9.17) is 0 Å². The van der Waals surface area contributed by atoms with Gasteiger partial charge in [-0.05, 0) is 36.6 Å². The quantitative estimate of drug-likeness (QED) is 0.618. The number of nitrogens with one attached hydrogen (secondary N) is 2. The lowest BCUT2D eigenvalue weighted by molar-refractivity contribution is -0.127.